The number of hydrogen-bond acceptors (Lipinski definition) is 13. The van der Waals surface area contributed by atoms with Gasteiger partial charge in [0, 0.05) is 21.3 Å². The van der Waals surface area contributed by atoms with Gasteiger partial charge >= 0.3 is 25.7 Å². The maximum atomic E-state index is 14.6. The summed E-state index contributed by atoms with van der Waals surface area (Å²) in [6.07, 6.45) is -0.0744. The lowest BCUT2D eigenvalue weighted by Crippen LogP contribution is -2.48. The van der Waals surface area contributed by atoms with Crippen molar-refractivity contribution in [1.29, 1.82) is 0 Å². The Morgan fingerprint density at radius 2 is 0.711 bits per heavy atom. The maximum Gasteiger partial charge on any atom is 0.478 e. The summed E-state index contributed by atoms with van der Waals surface area (Å²) >= 11 is 0. The second-order valence-corrected chi connectivity index (χ2v) is 9.78. The lowest BCUT2D eigenvalue weighted by Gasteiger charge is -2.40. The minimum absolute atomic E-state index is 0.0124. The van der Waals surface area contributed by atoms with Crippen molar-refractivity contribution >= 4 is 25.7 Å². The Bertz CT molecular complexity index is 673. The van der Waals surface area contributed by atoms with Crippen LogP contribution in [0.4, 0.5) is 0 Å². The summed E-state index contributed by atoms with van der Waals surface area (Å²) in [6, 6.07) is 0. The average molecular weight is 573 g/mol. The Labute approximate surface area is 225 Å². The third-order valence-corrected chi connectivity index (χ3v) is 8.05. The number of carbonyl (C=O) groups excluding carboxylic acids is 3. The van der Waals surface area contributed by atoms with E-state index in [0.717, 1.165) is 0 Å². The van der Waals surface area contributed by atoms with Crippen molar-refractivity contribution in [1.82, 2.24) is 0 Å². The van der Waals surface area contributed by atoms with Crippen LogP contribution in [0.25, 0.3) is 0 Å². The molecule has 0 unspecified atom stereocenters. The van der Waals surface area contributed by atoms with E-state index in [0.29, 0.717) is 0 Å². The van der Waals surface area contributed by atoms with Gasteiger partial charge in [-0.1, -0.05) is 41.5 Å². The van der Waals surface area contributed by atoms with Crippen molar-refractivity contribution in [2.24, 2.45) is 0 Å². The van der Waals surface area contributed by atoms with E-state index in [2.05, 4.69) is 0 Å². The average Bonchev–Trinajstić information content (AvgIpc) is 2.93. The van der Waals surface area contributed by atoms with E-state index in [1.54, 1.807) is 41.5 Å². The minimum atomic E-state index is -4.97. The zero-order chi connectivity index (χ0) is 29.5. The van der Waals surface area contributed by atoms with Gasteiger partial charge < -0.3 is 28.4 Å². The highest BCUT2D eigenvalue weighted by atomic mass is 31.2. The van der Waals surface area contributed by atoms with Crippen LogP contribution in [0.1, 0.15) is 80.1 Å². The van der Waals surface area contributed by atoms with Gasteiger partial charge in [0.05, 0.1) is 0 Å². The van der Waals surface area contributed by atoms with Gasteiger partial charge in [-0.05, 0) is 38.5 Å². The van der Waals surface area contributed by atoms with E-state index >= 15 is 0 Å². The zero-order valence-corrected chi connectivity index (χ0v) is 25.0. The van der Waals surface area contributed by atoms with Crippen molar-refractivity contribution in [3.8, 4) is 0 Å². The molecule has 0 aromatic rings. The first-order valence-electron chi connectivity index (χ1n) is 12.6. The van der Waals surface area contributed by atoms with Crippen LogP contribution in [0, 0.1) is 0 Å². The normalized spacial score (nSPS) is 12.8. The predicted molar refractivity (Wildman–Crippen MR) is 135 cm³/mol. The molecular weight excluding hydrogens is 527 g/mol. The summed E-state index contributed by atoms with van der Waals surface area (Å²) in [5.41, 5.74) is -5.50. The number of esters is 3. The van der Waals surface area contributed by atoms with Crippen LogP contribution in [0.3, 0.4) is 0 Å². The molecule has 0 aliphatic heterocycles. The highest BCUT2D eigenvalue weighted by Crippen LogP contribution is 2.61. The Morgan fingerprint density at radius 1 is 0.500 bits per heavy atom. The van der Waals surface area contributed by atoms with Crippen molar-refractivity contribution in [3.05, 3.63) is 0 Å². The molecule has 0 aliphatic carbocycles. The molecule has 0 aromatic heterocycles. The SMILES string of the molecule is CCC(CC)(OP(=O)(OC(CC)(CC)C(=O)OCOC)OC(CC)(CC)C(=O)OCOC)C(=O)OCOC. The third kappa shape index (κ3) is 9.25. The van der Waals surface area contributed by atoms with Crippen LogP contribution in [0.5, 0.6) is 0 Å². The van der Waals surface area contributed by atoms with Gasteiger partial charge in [0.1, 0.15) is 0 Å². The van der Waals surface area contributed by atoms with Crippen molar-refractivity contribution in [2.45, 2.75) is 96.9 Å². The van der Waals surface area contributed by atoms with Crippen molar-refractivity contribution in [2.75, 3.05) is 41.7 Å². The predicted octanol–water partition coefficient (Wildman–Crippen LogP) is 4.26. The summed E-state index contributed by atoms with van der Waals surface area (Å²) in [5, 5.41) is 0. The summed E-state index contributed by atoms with van der Waals surface area (Å²) in [7, 11) is -0.979. The summed E-state index contributed by atoms with van der Waals surface area (Å²) in [5.74, 6) is -2.67. The van der Waals surface area contributed by atoms with E-state index in [-0.39, 0.29) is 58.9 Å². The second kappa shape index (κ2) is 17.2. The molecule has 13 nitrogen and oxygen atoms in total. The van der Waals surface area contributed by atoms with E-state index in [1.165, 1.54) is 21.3 Å². The maximum absolute atomic E-state index is 14.6. The van der Waals surface area contributed by atoms with Crippen LogP contribution in [-0.4, -0.2) is 76.4 Å². The van der Waals surface area contributed by atoms with Gasteiger partial charge in [0.2, 0.25) is 0 Å². The second-order valence-electron chi connectivity index (χ2n) is 8.34. The van der Waals surface area contributed by atoms with Gasteiger partial charge in [0.15, 0.2) is 37.2 Å². The number of rotatable bonds is 21. The quantitative estimate of drug-likeness (QED) is 0.0834. The minimum Gasteiger partial charge on any atom is -0.436 e. The standard InChI is InChI=1S/C24H45O13P/c1-10-22(11-2,19(25)32-16-29-7)35-38(28,36-23(12-3,13-4)20(26)33-17-30-8)37-24(14-5,15-6)21(27)34-18-31-9/h10-18H2,1-9H3. The highest BCUT2D eigenvalue weighted by molar-refractivity contribution is 7.48. The van der Waals surface area contributed by atoms with E-state index in [9.17, 15) is 18.9 Å². The molecule has 38 heavy (non-hydrogen) atoms. The number of methoxy groups -OCH3 is 3. The lowest BCUT2D eigenvalue weighted by atomic mass is 9.98. The van der Waals surface area contributed by atoms with Crippen molar-refractivity contribution in [3.63, 3.8) is 0 Å². The molecule has 224 valence electrons. The van der Waals surface area contributed by atoms with Crippen molar-refractivity contribution < 1.29 is 60.9 Å². The molecule has 0 atom stereocenters. The molecule has 0 N–H and O–H groups in total. The smallest absolute Gasteiger partial charge is 0.436 e. The van der Waals surface area contributed by atoms with Crippen LogP contribution in [-0.2, 0) is 60.9 Å². The largest absolute Gasteiger partial charge is 0.478 e. The molecular formula is C24H45O13P. The Kier molecular flexibility index (Phi) is 16.4. The molecule has 0 saturated heterocycles. The fraction of sp³-hybridized carbons (Fsp3) is 0.875. The molecule has 0 fully saturated rings. The van der Waals surface area contributed by atoms with Gasteiger partial charge in [0.25, 0.3) is 0 Å². The molecule has 14 heteroatoms. The van der Waals surface area contributed by atoms with Gasteiger partial charge in [-0.3, -0.25) is 13.6 Å². The topological polar surface area (TPSA) is 151 Å². The molecule has 0 radical (unpaired) electrons. The summed E-state index contributed by atoms with van der Waals surface area (Å²) in [6.45, 7) is 8.52. The third-order valence-electron chi connectivity index (χ3n) is 6.33. The van der Waals surface area contributed by atoms with E-state index in [1.807, 2.05) is 0 Å². The molecule has 0 heterocycles. The van der Waals surface area contributed by atoms with Gasteiger partial charge in [-0.25, -0.2) is 18.9 Å². The molecule has 0 saturated carbocycles. The van der Waals surface area contributed by atoms with E-state index in [4.69, 9.17) is 42.0 Å². The van der Waals surface area contributed by atoms with Crippen LogP contribution >= 0.6 is 7.82 Å². The fourth-order valence-electron chi connectivity index (χ4n) is 3.54. The summed E-state index contributed by atoms with van der Waals surface area (Å²) < 4.78 is 62.1. The number of phosphoric ester groups is 1. The van der Waals surface area contributed by atoms with Crippen LogP contribution in [0.15, 0.2) is 0 Å². The molecule has 0 rings (SSSR count). The highest BCUT2D eigenvalue weighted by Gasteiger charge is 2.56. The van der Waals surface area contributed by atoms with E-state index < -0.39 is 42.5 Å². The molecule has 0 aromatic carbocycles. The zero-order valence-electron chi connectivity index (χ0n) is 24.1. The number of ether oxygens (including phenoxy) is 6. The first-order valence-corrected chi connectivity index (χ1v) is 14.1. The molecule has 0 amide bonds. The molecule has 0 bridgehead atoms. The first kappa shape index (κ1) is 36.4. The molecule has 0 spiro atoms. The van der Waals surface area contributed by atoms with Gasteiger partial charge in [-0.2, -0.15) is 0 Å². The Balaban J connectivity index is 6.89. The summed E-state index contributed by atoms with van der Waals surface area (Å²) in [4.78, 5) is 39.1. The van der Waals surface area contributed by atoms with Crippen LogP contribution in [0.2, 0.25) is 0 Å². The lowest BCUT2D eigenvalue weighted by molar-refractivity contribution is -0.188. The number of phosphoric acid groups is 1. The monoisotopic (exact) mass is 572 g/mol. The van der Waals surface area contributed by atoms with Gasteiger partial charge in [-0.15, -0.1) is 0 Å². The first-order chi connectivity index (χ1) is 17.9. The Hall–Kier alpha value is -1.60. The Morgan fingerprint density at radius 3 is 0.868 bits per heavy atom. The molecule has 0 aliphatic rings. The number of carbonyl (C=O) groups is 3. The fourth-order valence-corrected chi connectivity index (χ4v) is 5.94. The number of hydrogen-bond donors (Lipinski definition) is 0. The van der Waals surface area contributed by atoms with Crippen LogP contribution < -0.4 is 0 Å².